The van der Waals surface area contributed by atoms with Crippen LogP contribution < -0.4 is 0 Å². The van der Waals surface area contributed by atoms with Gasteiger partial charge in [0.05, 0.1) is 0 Å². The number of hydrogen-bond donors (Lipinski definition) is 2. The number of carboxylic acids is 1. The Balaban J connectivity index is 3.17. The summed E-state index contributed by atoms with van der Waals surface area (Å²) in [6, 6.07) is 7.15. The van der Waals surface area contributed by atoms with Crippen molar-refractivity contribution in [2.45, 2.75) is 32.8 Å². The van der Waals surface area contributed by atoms with Gasteiger partial charge < -0.3 is 10.2 Å². The van der Waals surface area contributed by atoms with Crippen molar-refractivity contribution in [3.05, 3.63) is 35.4 Å². The van der Waals surface area contributed by atoms with Gasteiger partial charge in [0.25, 0.3) is 0 Å². The molecular formula is C13H18O3. The van der Waals surface area contributed by atoms with Crippen LogP contribution in [-0.2, 0) is 16.8 Å². The lowest BCUT2D eigenvalue weighted by molar-refractivity contribution is -0.157. The third-order valence-corrected chi connectivity index (χ3v) is 2.59. The molecule has 0 aliphatic rings. The van der Waals surface area contributed by atoms with Gasteiger partial charge in [0.15, 0.2) is 5.60 Å². The van der Waals surface area contributed by atoms with Crippen LogP contribution in [-0.4, -0.2) is 16.2 Å². The lowest BCUT2D eigenvalue weighted by Gasteiger charge is -2.22. The topological polar surface area (TPSA) is 57.5 Å². The molecule has 3 nitrogen and oxygen atoms in total. The minimum Gasteiger partial charge on any atom is -0.479 e. The highest BCUT2D eigenvalue weighted by atomic mass is 16.4. The Morgan fingerprint density at radius 1 is 1.38 bits per heavy atom. The number of aliphatic hydroxyl groups is 1. The van der Waals surface area contributed by atoms with Crippen molar-refractivity contribution in [1.82, 2.24) is 0 Å². The Morgan fingerprint density at radius 2 is 1.94 bits per heavy atom. The molecule has 1 aromatic rings. The summed E-state index contributed by atoms with van der Waals surface area (Å²) in [7, 11) is 0. The molecule has 0 saturated heterocycles. The number of carbonyl (C=O) groups is 1. The van der Waals surface area contributed by atoms with Crippen molar-refractivity contribution in [3.8, 4) is 0 Å². The molecule has 1 aromatic carbocycles. The van der Waals surface area contributed by atoms with Crippen LogP contribution in [0.5, 0.6) is 0 Å². The summed E-state index contributed by atoms with van der Waals surface area (Å²) >= 11 is 0. The number of rotatable bonds is 4. The summed E-state index contributed by atoms with van der Waals surface area (Å²) < 4.78 is 0. The van der Waals surface area contributed by atoms with Crippen molar-refractivity contribution >= 4 is 5.97 Å². The van der Waals surface area contributed by atoms with E-state index in [1.54, 1.807) is 12.1 Å². The Morgan fingerprint density at radius 3 is 2.44 bits per heavy atom. The molecule has 16 heavy (non-hydrogen) atoms. The second kappa shape index (κ2) is 4.66. The second-order valence-corrected chi connectivity index (χ2v) is 4.63. The van der Waals surface area contributed by atoms with Crippen molar-refractivity contribution in [3.63, 3.8) is 0 Å². The fourth-order valence-electron chi connectivity index (χ4n) is 1.73. The lowest BCUT2D eigenvalue weighted by Crippen LogP contribution is -2.33. The van der Waals surface area contributed by atoms with E-state index in [9.17, 15) is 9.90 Å². The molecule has 3 heteroatoms. The van der Waals surface area contributed by atoms with Crippen LogP contribution in [0.25, 0.3) is 0 Å². The van der Waals surface area contributed by atoms with Gasteiger partial charge in [-0.3, -0.25) is 0 Å². The predicted molar refractivity (Wildman–Crippen MR) is 62.2 cm³/mol. The minimum absolute atomic E-state index is 0.422. The lowest BCUT2D eigenvalue weighted by atomic mass is 9.88. The summed E-state index contributed by atoms with van der Waals surface area (Å²) in [5.74, 6) is -0.797. The SMILES string of the molecule is CC(C)Cc1ccccc1C(C)(O)C(=O)O. The summed E-state index contributed by atoms with van der Waals surface area (Å²) in [4.78, 5) is 11.0. The maximum Gasteiger partial charge on any atom is 0.340 e. The fourth-order valence-corrected chi connectivity index (χ4v) is 1.73. The van der Waals surface area contributed by atoms with E-state index in [0.717, 1.165) is 12.0 Å². The molecule has 88 valence electrons. The van der Waals surface area contributed by atoms with Gasteiger partial charge in [-0.05, 0) is 30.4 Å². The van der Waals surface area contributed by atoms with Crippen LogP contribution >= 0.6 is 0 Å². The first kappa shape index (κ1) is 12.7. The van der Waals surface area contributed by atoms with Crippen LogP contribution in [0.15, 0.2) is 24.3 Å². The fraction of sp³-hybridized carbons (Fsp3) is 0.462. The molecule has 2 N–H and O–H groups in total. The summed E-state index contributed by atoms with van der Waals surface area (Å²) in [6.45, 7) is 5.44. The van der Waals surface area contributed by atoms with Gasteiger partial charge in [0.2, 0.25) is 0 Å². The van der Waals surface area contributed by atoms with Crippen LogP contribution in [0.2, 0.25) is 0 Å². The number of carboxylic acid groups (broad SMARTS) is 1. The van der Waals surface area contributed by atoms with Gasteiger partial charge in [-0.2, -0.15) is 0 Å². The molecule has 0 spiro atoms. The predicted octanol–water partition coefficient (Wildman–Crippen LogP) is 2.18. The number of aliphatic carboxylic acids is 1. The monoisotopic (exact) mass is 222 g/mol. The van der Waals surface area contributed by atoms with Crippen LogP contribution in [0, 0.1) is 5.92 Å². The zero-order chi connectivity index (χ0) is 12.3. The van der Waals surface area contributed by atoms with Crippen LogP contribution in [0.1, 0.15) is 31.9 Å². The summed E-state index contributed by atoms with van der Waals surface area (Å²) in [5.41, 5.74) is -0.438. The van der Waals surface area contributed by atoms with Crippen molar-refractivity contribution in [1.29, 1.82) is 0 Å². The standard InChI is InChI=1S/C13H18O3/c1-9(2)8-10-6-4-5-7-11(10)13(3,16)12(14)15/h4-7,9,16H,8H2,1-3H3,(H,14,15). The van der Waals surface area contributed by atoms with Crippen molar-refractivity contribution in [2.24, 2.45) is 5.92 Å². The average Bonchev–Trinajstić information content (AvgIpc) is 2.17. The van der Waals surface area contributed by atoms with Crippen molar-refractivity contribution in [2.75, 3.05) is 0 Å². The molecule has 1 unspecified atom stereocenters. The Labute approximate surface area is 95.7 Å². The quantitative estimate of drug-likeness (QED) is 0.821. The largest absolute Gasteiger partial charge is 0.479 e. The highest BCUT2D eigenvalue weighted by Crippen LogP contribution is 2.26. The molecule has 0 heterocycles. The van der Waals surface area contributed by atoms with Gasteiger partial charge in [-0.15, -0.1) is 0 Å². The summed E-state index contributed by atoms with van der Waals surface area (Å²) in [5, 5.41) is 19.0. The highest BCUT2D eigenvalue weighted by Gasteiger charge is 2.33. The second-order valence-electron chi connectivity index (χ2n) is 4.63. The van der Waals surface area contributed by atoms with Crippen molar-refractivity contribution < 1.29 is 15.0 Å². The van der Waals surface area contributed by atoms with E-state index in [1.165, 1.54) is 6.92 Å². The van der Waals surface area contributed by atoms with Gasteiger partial charge >= 0.3 is 5.97 Å². The molecule has 0 bridgehead atoms. The van der Waals surface area contributed by atoms with E-state index in [4.69, 9.17) is 5.11 Å². The summed E-state index contributed by atoms with van der Waals surface area (Å²) in [6.07, 6.45) is 0.763. The van der Waals surface area contributed by atoms with Gasteiger partial charge in [0, 0.05) is 0 Å². The Hall–Kier alpha value is -1.35. The molecule has 0 aliphatic heterocycles. The first-order valence-electron chi connectivity index (χ1n) is 5.40. The van der Waals surface area contributed by atoms with E-state index in [1.807, 2.05) is 12.1 Å². The highest BCUT2D eigenvalue weighted by molar-refractivity contribution is 5.79. The molecule has 0 aromatic heterocycles. The van der Waals surface area contributed by atoms with Crippen LogP contribution in [0.3, 0.4) is 0 Å². The molecule has 0 amide bonds. The van der Waals surface area contributed by atoms with E-state index in [-0.39, 0.29) is 0 Å². The first-order valence-corrected chi connectivity index (χ1v) is 5.40. The minimum atomic E-state index is -1.81. The molecule has 0 aliphatic carbocycles. The Kier molecular flexibility index (Phi) is 3.70. The normalized spacial score (nSPS) is 14.8. The molecule has 1 rings (SSSR count). The van der Waals surface area contributed by atoms with E-state index in [0.29, 0.717) is 11.5 Å². The number of hydrogen-bond acceptors (Lipinski definition) is 2. The smallest absolute Gasteiger partial charge is 0.340 e. The zero-order valence-corrected chi connectivity index (χ0v) is 9.90. The maximum absolute atomic E-state index is 11.0. The molecular weight excluding hydrogens is 204 g/mol. The van der Waals surface area contributed by atoms with E-state index >= 15 is 0 Å². The average molecular weight is 222 g/mol. The van der Waals surface area contributed by atoms with Crippen LogP contribution in [0.4, 0.5) is 0 Å². The van der Waals surface area contributed by atoms with E-state index in [2.05, 4.69) is 13.8 Å². The maximum atomic E-state index is 11.0. The third kappa shape index (κ3) is 2.61. The van der Waals surface area contributed by atoms with Gasteiger partial charge in [-0.25, -0.2) is 4.79 Å². The molecule has 0 radical (unpaired) electrons. The first-order chi connectivity index (χ1) is 7.35. The third-order valence-electron chi connectivity index (χ3n) is 2.59. The zero-order valence-electron chi connectivity index (χ0n) is 9.90. The number of benzene rings is 1. The molecule has 0 fully saturated rings. The van der Waals surface area contributed by atoms with Gasteiger partial charge in [0.1, 0.15) is 0 Å². The van der Waals surface area contributed by atoms with E-state index < -0.39 is 11.6 Å². The molecule has 0 saturated carbocycles. The molecule has 1 atom stereocenters. The van der Waals surface area contributed by atoms with Gasteiger partial charge in [-0.1, -0.05) is 38.1 Å². The Bertz CT molecular complexity index is 381.